The molecular weight excluding hydrogens is 218 g/mol. The number of amides is 1. The highest BCUT2D eigenvalue weighted by atomic mass is 16.3. The Bertz CT molecular complexity index is 393. The number of hydrogen-bond donors (Lipinski definition) is 4. The summed E-state index contributed by atoms with van der Waals surface area (Å²) in [4.78, 5) is 11.9. The summed E-state index contributed by atoms with van der Waals surface area (Å²) in [6.07, 6.45) is 1.30. The zero-order chi connectivity index (χ0) is 12.8. The fourth-order valence-corrected chi connectivity index (χ4v) is 1.59. The van der Waals surface area contributed by atoms with E-state index in [1.807, 2.05) is 6.92 Å². The monoisotopic (exact) mass is 237 g/mol. The first-order chi connectivity index (χ1) is 8.08. The Morgan fingerprint density at radius 2 is 2.18 bits per heavy atom. The highest BCUT2D eigenvalue weighted by Gasteiger charge is 2.13. The first-order valence-corrected chi connectivity index (χ1v) is 5.65. The van der Waals surface area contributed by atoms with Crippen molar-refractivity contribution in [1.29, 1.82) is 0 Å². The van der Waals surface area contributed by atoms with Gasteiger partial charge < -0.3 is 21.9 Å². The minimum absolute atomic E-state index is 0.0375. The molecule has 0 radical (unpaired) electrons. The van der Waals surface area contributed by atoms with Gasteiger partial charge in [0.15, 0.2) is 0 Å². The Labute approximate surface area is 101 Å². The van der Waals surface area contributed by atoms with Crippen LogP contribution < -0.4 is 16.8 Å². The van der Waals surface area contributed by atoms with Crippen molar-refractivity contribution in [2.75, 3.05) is 18.1 Å². The predicted molar refractivity (Wildman–Crippen MR) is 68.5 cm³/mol. The number of rotatable bonds is 5. The van der Waals surface area contributed by atoms with Crippen LogP contribution in [0.5, 0.6) is 0 Å². The topological polar surface area (TPSA) is 101 Å². The second-order valence-corrected chi connectivity index (χ2v) is 3.94. The van der Waals surface area contributed by atoms with E-state index in [1.54, 1.807) is 18.2 Å². The molecule has 1 aromatic rings. The van der Waals surface area contributed by atoms with E-state index in [-0.39, 0.29) is 18.6 Å². The van der Waals surface area contributed by atoms with Gasteiger partial charge in [0, 0.05) is 24.0 Å². The van der Waals surface area contributed by atoms with Crippen molar-refractivity contribution in [2.45, 2.75) is 25.8 Å². The summed E-state index contributed by atoms with van der Waals surface area (Å²) in [6.45, 7) is 2.00. The van der Waals surface area contributed by atoms with E-state index in [9.17, 15) is 4.79 Å². The molecule has 0 aromatic heterocycles. The quantitative estimate of drug-likeness (QED) is 0.567. The molecular formula is C12H19N3O2. The molecule has 0 heterocycles. The summed E-state index contributed by atoms with van der Waals surface area (Å²) in [7, 11) is 0. The molecule has 0 saturated carbocycles. The van der Waals surface area contributed by atoms with Crippen LogP contribution in [0.1, 0.15) is 30.1 Å². The maximum atomic E-state index is 11.9. The lowest BCUT2D eigenvalue weighted by atomic mass is 10.1. The number of benzene rings is 1. The van der Waals surface area contributed by atoms with Crippen LogP contribution in [-0.2, 0) is 0 Å². The van der Waals surface area contributed by atoms with Gasteiger partial charge in [0.2, 0.25) is 0 Å². The molecule has 0 aliphatic carbocycles. The fourth-order valence-electron chi connectivity index (χ4n) is 1.59. The largest absolute Gasteiger partial charge is 0.399 e. The molecule has 5 heteroatoms. The van der Waals surface area contributed by atoms with E-state index in [1.165, 1.54) is 0 Å². The smallest absolute Gasteiger partial charge is 0.253 e. The van der Waals surface area contributed by atoms with Crippen LogP contribution in [0.4, 0.5) is 11.4 Å². The van der Waals surface area contributed by atoms with E-state index >= 15 is 0 Å². The van der Waals surface area contributed by atoms with Gasteiger partial charge in [-0.05, 0) is 31.0 Å². The van der Waals surface area contributed by atoms with Gasteiger partial charge in [0.05, 0.1) is 5.56 Å². The molecule has 1 unspecified atom stereocenters. The van der Waals surface area contributed by atoms with Crippen LogP contribution in [0, 0.1) is 0 Å². The minimum atomic E-state index is -0.234. The second kappa shape index (κ2) is 6.10. The molecule has 0 aliphatic rings. The number of hydrogen-bond acceptors (Lipinski definition) is 4. The first kappa shape index (κ1) is 13.3. The van der Waals surface area contributed by atoms with Crippen LogP contribution in [0.25, 0.3) is 0 Å². The number of carbonyl (C=O) groups excluding carboxylic acids is 1. The number of nitrogens with one attached hydrogen (secondary N) is 1. The molecule has 0 bridgehead atoms. The molecule has 0 fully saturated rings. The molecule has 1 rings (SSSR count). The number of aliphatic hydroxyl groups excluding tert-OH is 1. The zero-order valence-corrected chi connectivity index (χ0v) is 9.94. The van der Waals surface area contributed by atoms with Crippen LogP contribution in [0.2, 0.25) is 0 Å². The van der Waals surface area contributed by atoms with Gasteiger partial charge in [-0.25, -0.2) is 0 Å². The molecule has 1 atom stereocenters. The van der Waals surface area contributed by atoms with Crippen molar-refractivity contribution >= 4 is 17.3 Å². The van der Waals surface area contributed by atoms with Crippen molar-refractivity contribution in [3.05, 3.63) is 23.8 Å². The summed E-state index contributed by atoms with van der Waals surface area (Å²) in [5.74, 6) is -0.234. The summed E-state index contributed by atoms with van der Waals surface area (Å²) < 4.78 is 0. The van der Waals surface area contributed by atoms with E-state index in [4.69, 9.17) is 16.6 Å². The number of nitrogens with two attached hydrogens (primary N) is 2. The molecule has 0 spiro atoms. The number of carbonyl (C=O) groups is 1. The normalized spacial score (nSPS) is 12.1. The standard InChI is InChI=1S/C12H19N3O2/c1-2-9(5-6-16)15-12(17)10-4-3-8(13)7-11(10)14/h3-4,7,9,16H,2,5-6,13-14H2,1H3,(H,15,17). The number of nitrogen functional groups attached to an aromatic ring is 2. The molecule has 0 saturated heterocycles. The molecule has 1 aromatic carbocycles. The Morgan fingerprint density at radius 3 is 2.71 bits per heavy atom. The van der Waals surface area contributed by atoms with Crippen LogP contribution in [0.3, 0.4) is 0 Å². The van der Waals surface area contributed by atoms with E-state index in [0.29, 0.717) is 23.4 Å². The number of aliphatic hydroxyl groups is 1. The SMILES string of the molecule is CCC(CCO)NC(=O)c1ccc(N)cc1N. The van der Waals surface area contributed by atoms with Gasteiger partial charge in [-0.15, -0.1) is 0 Å². The van der Waals surface area contributed by atoms with Crippen LogP contribution in [-0.4, -0.2) is 23.7 Å². The predicted octanol–water partition coefficient (Wildman–Crippen LogP) is 0.742. The first-order valence-electron chi connectivity index (χ1n) is 5.65. The second-order valence-electron chi connectivity index (χ2n) is 3.94. The highest BCUT2D eigenvalue weighted by molar-refractivity contribution is 5.99. The lowest BCUT2D eigenvalue weighted by Gasteiger charge is -2.16. The van der Waals surface area contributed by atoms with Crippen LogP contribution >= 0.6 is 0 Å². The Morgan fingerprint density at radius 1 is 1.47 bits per heavy atom. The lowest BCUT2D eigenvalue weighted by molar-refractivity contribution is 0.0930. The Kier molecular flexibility index (Phi) is 4.78. The molecule has 17 heavy (non-hydrogen) atoms. The molecule has 5 nitrogen and oxygen atoms in total. The number of anilines is 2. The lowest BCUT2D eigenvalue weighted by Crippen LogP contribution is -2.35. The summed E-state index contributed by atoms with van der Waals surface area (Å²) >= 11 is 0. The third-order valence-corrected chi connectivity index (χ3v) is 2.63. The van der Waals surface area contributed by atoms with Gasteiger partial charge in [0.25, 0.3) is 5.91 Å². The molecule has 1 amide bonds. The van der Waals surface area contributed by atoms with Crippen molar-refractivity contribution in [1.82, 2.24) is 5.32 Å². The van der Waals surface area contributed by atoms with Gasteiger partial charge >= 0.3 is 0 Å². The highest BCUT2D eigenvalue weighted by Crippen LogP contribution is 2.15. The van der Waals surface area contributed by atoms with Crippen LogP contribution in [0.15, 0.2) is 18.2 Å². The average Bonchev–Trinajstić information content (AvgIpc) is 2.28. The summed E-state index contributed by atoms with van der Waals surface area (Å²) in [5.41, 5.74) is 12.6. The van der Waals surface area contributed by atoms with E-state index in [0.717, 1.165) is 6.42 Å². The van der Waals surface area contributed by atoms with E-state index in [2.05, 4.69) is 5.32 Å². The molecule has 94 valence electrons. The molecule has 0 aliphatic heterocycles. The third-order valence-electron chi connectivity index (χ3n) is 2.63. The van der Waals surface area contributed by atoms with Crippen molar-refractivity contribution in [2.24, 2.45) is 0 Å². The van der Waals surface area contributed by atoms with Crippen molar-refractivity contribution < 1.29 is 9.90 Å². The Balaban J connectivity index is 2.75. The van der Waals surface area contributed by atoms with Gasteiger partial charge in [-0.1, -0.05) is 6.92 Å². The van der Waals surface area contributed by atoms with E-state index < -0.39 is 0 Å². The average molecular weight is 237 g/mol. The summed E-state index contributed by atoms with van der Waals surface area (Å²) in [5, 5.41) is 11.7. The fraction of sp³-hybridized carbons (Fsp3) is 0.417. The van der Waals surface area contributed by atoms with Gasteiger partial charge in [0.1, 0.15) is 0 Å². The minimum Gasteiger partial charge on any atom is -0.399 e. The third kappa shape index (κ3) is 3.64. The maximum Gasteiger partial charge on any atom is 0.253 e. The zero-order valence-electron chi connectivity index (χ0n) is 9.94. The maximum absolute atomic E-state index is 11.9. The Hall–Kier alpha value is -1.75. The van der Waals surface area contributed by atoms with Crippen molar-refractivity contribution in [3.8, 4) is 0 Å². The molecule has 6 N–H and O–H groups in total. The van der Waals surface area contributed by atoms with Crippen molar-refractivity contribution in [3.63, 3.8) is 0 Å². The van der Waals surface area contributed by atoms with Gasteiger partial charge in [-0.2, -0.15) is 0 Å². The summed E-state index contributed by atoms with van der Waals surface area (Å²) in [6, 6.07) is 4.76. The van der Waals surface area contributed by atoms with Gasteiger partial charge in [-0.3, -0.25) is 4.79 Å².